The van der Waals surface area contributed by atoms with Crippen molar-refractivity contribution in [1.29, 1.82) is 0 Å². The molecule has 114 valence electrons. The Kier molecular flexibility index (Phi) is 6.86. The van der Waals surface area contributed by atoms with Crippen molar-refractivity contribution in [2.45, 2.75) is 52.6 Å². The van der Waals surface area contributed by atoms with Gasteiger partial charge in [-0.05, 0) is 37.5 Å². The first-order valence-corrected chi connectivity index (χ1v) is 7.55. The van der Waals surface area contributed by atoms with E-state index in [2.05, 4.69) is 45.1 Å². The highest BCUT2D eigenvalue weighted by atomic mass is 16.5. The summed E-state index contributed by atoms with van der Waals surface area (Å²) < 4.78 is 10.6. The number of hydrogen-bond acceptors (Lipinski definition) is 3. The number of hydrogen-bond donors (Lipinski definition) is 1. The molecule has 3 nitrogen and oxygen atoms in total. The van der Waals surface area contributed by atoms with E-state index in [-0.39, 0.29) is 0 Å². The van der Waals surface area contributed by atoms with Gasteiger partial charge >= 0.3 is 0 Å². The molecule has 0 aliphatic heterocycles. The second-order valence-electron chi connectivity index (χ2n) is 5.37. The van der Waals surface area contributed by atoms with Crippen LogP contribution in [-0.2, 0) is 0 Å². The Morgan fingerprint density at radius 3 is 2.10 bits per heavy atom. The summed E-state index contributed by atoms with van der Waals surface area (Å²) in [5.41, 5.74) is 1.22. The summed E-state index contributed by atoms with van der Waals surface area (Å²) >= 11 is 0. The average molecular weight is 279 g/mol. The van der Waals surface area contributed by atoms with Gasteiger partial charge in [-0.3, -0.25) is 0 Å². The van der Waals surface area contributed by atoms with Crippen LogP contribution in [-0.4, -0.2) is 20.3 Å². The van der Waals surface area contributed by atoms with Crippen LogP contribution >= 0.6 is 0 Å². The molecule has 0 saturated heterocycles. The van der Waals surface area contributed by atoms with Crippen molar-refractivity contribution in [2.75, 3.05) is 14.2 Å². The molecule has 0 heterocycles. The van der Waals surface area contributed by atoms with Gasteiger partial charge in [0.2, 0.25) is 0 Å². The lowest BCUT2D eigenvalue weighted by Gasteiger charge is -2.27. The van der Waals surface area contributed by atoms with Crippen LogP contribution in [0.25, 0.3) is 0 Å². The maximum Gasteiger partial charge on any atom is 0.161 e. The molecule has 0 spiro atoms. The zero-order chi connectivity index (χ0) is 15.1. The van der Waals surface area contributed by atoms with Gasteiger partial charge in [0, 0.05) is 12.1 Å². The third-order valence-corrected chi connectivity index (χ3v) is 4.18. The topological polar surface area (TPSA) is 30.5 Å². The van der Waals surface area contributed by atoms with Crippen LogP contribution < -0.4 is 14.8 Å². The lowest BCUT2D eigenvalue weighted by Crippen LogP contribution is -2.35. The Bertz CT molecular complexity index is 402. The third kappa shape index (κ3) is 4.14. The van der Waals surface area contributed by atoms with E-state index in [1.54, 1.807) is 14.2 Å². The summed E-state index contributed by atoms with van der Waals surface area (Å²) in [5, 5.41) is 3.69. The summed E-state index contributed by atoms with van der Waals surface area (Å²) in [6.45, 7) is 8.98. The van der Waals surface area contributed by atoms with E-state index in [9.17, 15) is 0 Å². The van der Waals surface area contributed by atoms with Gasteiger partial charge in [-0.1, -0.05) is 32.8 Å². The van der Waals surface area contributed by atoms with Crippen LogP contribution in [0.15, 0.2) is 18.2 Å². The molecule has 0 radical (unpaired) electrons. The molecule has 3 heteroatoms. The molecule has 0 aliphatic carbocycles. The van der Waals surface area contributed by atoms with Gasteiger partial charge in [-0.25, -0.2) is 0 Å². The van der Waals surface area contributed by atoms with Gasteiger partial charge in [-0.2, -0.15) is 0 Å². The molecule has 1 N–H and O–H groups in total. The van der Waals surface area contributed by atoms with Crippen LogP contribution in [0.2, 0.25) is 0 Å². The first-order chi connectivity index (χ1) is 9.57. The third-order valence-electron chi connectivity index (χ3n) is 4.18. The van der Waals surface area contributed by atoms with Crippen molar-refractivity contribution in [1.82, 2.24) is 5.32 Å². The van der Waals surface area contributed by atoms with Crippen molar-refractivity contribution < 1.29 is 9.47 Å². The number of benzene rings is 1. The van der Waals surface area contributed by atoms with Crippen LogP contribution in [0.1, 0.15) is 52.1 Å². The lowest BCUT2D eigenvalue weighted by molar-refractivity contribution is 0.328. The Labute approximate surface area is 123 Å². The SMILES string of the molecule is CCC(CC)C(C)NC(C)c1ccc(OC)c(OC)c1. The van der Waals surface area contributed by atoms with Crippen molar-refractivity contribution in [3.05, 3.63) is 23.8 Å². The molecular formula is C17H29NO2. The maximum atomic E-state index is 5.37. The molecule has 1 rings (SSSR count). The summed E-state index contributed by atoms with van der Waals surface area (Å²) in [5.74, 6) is 2.28. The largest absolute Gasteiger partial charge is 0.493 e. The highest BCUT2D eigenvalue weighted by Crippen LogP contribution is 2.30. The average Bonchev–Trinajstić information content (AvgIpc) is 2.47. The molecule has 0 aliphatic rings. The lowest BCUT2D eigenvalue weighted by atomic mass is 9.94. The van der Waals surface area contributed by atoms with E-state index in [1.807, 2.05) is 6.07 Å². The van der Waals surface area contributed by atoms with E-state index in [0.29, 0.717) is 12.1 Å². The zero-order valence-corrected chi connectivity index (χ0v) is 13.7. The standard InChI is InChI=1S/C17H29NO2/c1-7-14(8-2)12(3)18-13(4)15-9-10-16(19-5)17(11-15)20-6/h9-14,18H,7-8H2,1-6H3. The van der Waals surface area contributed by atoms with Gasteiger partial charge < -0.3 is 14.8 Å². The highest BCUT2D eigenvalue weighted by Gasteiger charge is 2.17. The van der Waals surface area contributed by atoms with Gasteiger partial charge in [0.05, 0.1) is 14.2 Å². The zero-order valence-electron chi connectivity index (χ0n) is 13.7. The minimum absolute atomic E-state index is 0.297. The number of rotatable bonds is 8. The minimum Gasteiger partial charge on any atom is -0.493 e. The van der Waals surface area contributed by atoms with Gasteiger partial charge in [0.1, 0.15) is 0 Å². The van der Waals surface area contributed by atoms with Crippen LogP contribution in [0.5, 0.6) is 11.5 Å². The molecule has 20 heavy (non-hydrogen) atoms. The highest BCUT2D eigenvalue weighted by molar-refractivity contribution is 5.43. The molecule has 2 unspecified atom stereocenters. The van der Waals surface area contributed by atoms with Crippen LogP contribution in [0, 0.1) is 5.92 Å². The Balaban J connectivity index is 2.79. The summed E-state index contributed by atoms with van der Waals surface area (Å²) in [4.78, 5) is 0. The summed E-state index contributed by atoms with van der Waals surface area (Å²) in [6, 6.07) is 6.92. The van der Waals surface area contributed by atoms with E-state index in [1.165, 1.54) is 18.4 Å². The monoisotopic (exact) mass is 279 g/mol. The Morgan fingerprint density at radius 1 is 1.00 bits per heavy atom. The predicted octanol–water partition coefficient (Wildman–Crippen LogP) is 4.18. The molecule has 0 bridgehead atoms. The van der Waals surface area contributed by atoms with E-state index in [0.717, 1.165) is 17.4 Å². The minimum atomic E-state index is 0.297. The summed E-state index contributed by atoms with van der Waals surface area (Å²) in [7, 11) is 3.33. The van der Waals surface area contributed by atoms with Crippen LogP contribution in [0.3, 0.4) is 0 Å². The van der Waals surface area contributed by atoms with Gasteiger partial charge in [0.25, 0.3) is 0 Å². The van der Waals surface area contributed by atoms with E-state index < -0.39 is 0 Å². The number of ether oxygens (including phenoxy) is 2. The molecule has 1 aromatic rings. The molecule has 0 aromatic heterocycles. The Morgan fingerprint density at radius 2 is 1.60 bits per heavy atom. The van der Waals surface area contributed by atoms with E-state index >= 15 is 0 Å². The Hall–Kier alpha value is -1.22. The second-order valence-corrected chi connectivity index (χ2v) is 5.37. The van der Waals surface area contributed by atoms with Gasteiger partial charge in [0.15, 0.2) is 11.5 Å². The quantitative estimate of drug-likeness (QED) is 0.774. The predicted molar refractivity (Wildman–Crippen MR) is 84.6 cm³/mol. The molecule has 0 amide bonds. The first kappa shape index (κ1) is 16.8. The van der Waals surface area contributed by atoms with Crippen molar-refractivity contribution in [2.24, 2.45) is 5.92 Å². The van der Waals surface area contributed by atoms with Crippen molar-refractivity contribution in [3.8, 4) is 11.5 Å². The molecule has 0 fully saturated rings. The maximum absolute atomic E-state index is 5.37. The second kappa shape index (κ2) is 8.15. The molecule has 1 aromatic carbocycles. The van der Waals surface area contributed by atoms with Gasteiger partial charge in [-0.15, -0.1) is 0 Å². The van der Waals surface area contributed by atoms with Crippen LogP contribution in [0.4, 0.5) is 0 Å². The fourth-order valence-electron chi connectivity index (χ4n) is 2.74. The molecule has 2 atom stereocenters. The molecular weight excluding hydrogens is 250 g/mol. The number of methoxy groups -OCH3 is 2. The van der Waals surface area contributed by atoms with E-state index in [4.69, 9.17) is 9.47 Å². The normalized spacial score (nSPS) is 14.2. The molecule has 0 saturated carbocycles. The summed E-state index contributed by atoms with van der Waals surface area (Å²) in [6.07, 6.45) is 2.42. The fraction of sp³-hybridized carbons (Fsp3) is 0.647. The first-order valence-electron chi connectivity index (χ1n) is 7.55. The smallest absolute Gasteiger partial charge is 0.161 e. The van der Waals surface area contributed by atoms with Crippen molar-refractivity contribution in [3.63, 3.8) is 0 Å². The fourth-order valence-corrected chi connectivity index (χ4v) is 2.74. The van der Waals surface area contributed by atoms with Crippen molar-refractivity contribution >= 4 is 0 Å². The number of nitrogens with one attached hydrogen (secondary N) is 1.